The molecule has 0 bridgehead atoms. The molecule has 5 heteroatoms. The highest BCUT2D eigenvalue weighted by Gasteiger charge is 2.26. The van der Waals surface area contributed by atoms with Gasteiger partial charge in [-0.2, -0.15) is 0 Å². The number of carbonyl (C=O) groups excluding carboxylic acids is 1. The number of nitrogens with one attached hydrogen (secondary N) is 1. The van der Waals surface area contributed by atoms with Crippen LogP contribution in [0.4, 0.5) is 16.2 Å². The van der Waals surface area contributed by atoms with Crippen molar-refractivity contribution in [3.8, 4) is 0 Å². The first kappa shape index (κ1) is 15.2. The maximum Gasteiger partial charge on any atom is 0.322 e. The van der Waals surface area contributed by atoms with E-state index >= 15 is 0 Å². The largest absolute Gasteiger partial charge is 0.378 e. The van der Waals surface area contributed by atoms with Crippen molar-refractivity contribution < 1.29 is 9.53 Å². The highest BCUT2D eigenvalue weighted by molar-refractivity contribution is 5.95. The lowest BCUT2D eigenvalue weighted by molar-refractivity contribution is 0.122. The minimum Gasteiger partial charge on any atom is -0.378 e. The molecule has 1 aromatic carbocycles. The number of amides is 2. The number of carbonyl (C=O) groups is 1. The summed E-state index contributed by atoms with van der Waals surface area (Å²) in [6, 6.07) is 6.71. The summed E-state index contributed by atoms with van der Waals surface area (Å²) in [7, 11) is 0. The van der Waals surface area contributed by atoms with Crippen molar-refractivity contribution in [2.75, 3.05) is 42.6 Å². The summed E-state index contributed by atoms with van der Waals surface area (Å²) in [6.07, 6.45) is 1.88. The first-order valence-electron chi connectivity index (χ1n) is 8.22. The van der Waals surface area contributed by atoms with Crippen LogP contribution in [-0.4, -0.2) is 44.9 Å². The molecule has 0 aliphatic carbocycles. The molecule has 1 saturated heterocycles. The van der Waals surface area contributed by atoms with Gasteiger partial charge in [0.05, 0.1) is 18.9 Å². The van der Waals surface area contributed by atoms with Gasteiger partial charge in [0, 0.05) is 31.4 Å². The minimum atomic E-state index is 0.0206. The van der Waals surface area contributed by atoms with Gasteiger partial charge in [0.25, 0.3) is 0 Å². The van der Waals surface area contributed by atoms with Gasteiger partial charge in [-0.05, 0) is 37.5 Å². The van der Waals surface area contributed by atoms with E-state index in [1.165, 1.54) is 11.3 Å². The molecule has 22 heavy (non-hydrogen) atoms. The van der Waals surface area contributed by atoms with Crippen LogP contribution in [0.25, 0.3) is 0 Å². The predicted octanol–water partition coefficient (Wildman–Crippen LogP) is 2.39. The second-order valence-electron chi connectivity index (χ2n) is 6.07. The Kier molecular flexibility index (Phi) is 4.52. The molecule has 0 aromatic heterocycles. The topological polar surface area (TPSA) is 44.8 Å². The second kappa shape index (κ2) is 6.57. The fraction of sp³-hybridized carbons (Fsp3) is 0.588. The average Bonchev–Trinajstić information content (AvgIpc) is 2.98. The molecule has 2 aliphatic rings. The Morgan fingerprint density at radius 2 is 2.09 bits per heavy atom. The van der Waals surface area contributed by atoms with Crippen LogP contribution >= 0.6 is 0 Å². The van der Waals surface area contributed by atoms with Crippen LogP contribution in [0, 0.1) is 0 Å². The fourth-order valence-corrected chi connectivity index (χ4v) is 2.99. The number of nitrogens with zero attached hydrogens (tertiary/aromatic N) is 2. The van der Waals surface area contributed by atoms with Crippen LogP contribution in [0.2, 0.25) is 0 Å². The molecule has 1 aromatic rings. The first-order valence-corrected chi connectivity index (χ1v) is 8.22. The van der Waals surface area contributed by atoms with Crippen LogP contribution in [0.3, 0.4) is 0 Å². The molecule has 120 valence electrons. The zero-order valence-corrected chi connectivity index (χ0v) is 13.5. The smallest absolute Gasteiger partial charge is 0.322 e. The molecule has 2 amide bonds. The zero-order chi connectivity index (χ0) is 15.5. The lowest BCUT2D eigenvalue weighted by Gasteiger charge is -2.30. The highest BCUT2D eigenvalue weighted by Crippen LogP contribution is 2.32. The predicted molar refractivity (Wildman–Crippen MR) is 88.8 cm³/mol. The van der Waals surface area contributed by atoms with Crippen LogP contribution in [-0.2, 0) is 11.2 Å². The van der Waals surface area contributed by atoms with E-state index in [-0.39, 0.29) is 12.1 Å². The van der Waals surface area contributed by atoms with E-state index in [0.717, 1.165) is 51.4 Å². The summed E-state index contributed by atoms with van der Waals surface area (Å²) in [5, 5.41) is 3.06. The Balaban J connectivity index is 1.78. The van der Waals surface area contributed by atoms with Gasteiger partial charge in [-0.25, -0.2) is 4.79 Å². The highest BCUT2D eigenvalue weighted by atomic mass is 16.5. The van der Waals surface area contributed by atoms with Crippen molar-refractivity contribution in [1.82, 2.24) is 5.32 Å². The standard InChI is InChI=1S/C17H25N3O2/c1-3-13(2)18-17(21)20-7-6-14-4-5-15(12-16(14)20)19-8-10-22-11-9-19/h4-5,12-13H,3,6-11H2,1-2H3,(H,18,21). The van der Waals surface area contributed by atoms with Gasteiger partial charge < -0.3 is 15.0 Å². The van der Waals surface area contributed by atoms with Crippen molar-refractivity contribution in [3.05, 3.63) is 23.8 Å². The number of urea groups is 1. The quantitative estimate of drug-likeness (QED) is 0.932. The SMILES string of the molecule is CCC(C)NC(=O)N1CCc2ccc(N3CCOCC3)cc21. The van der Waals surface area contributed by atoms with Crippen molar-refractivity contribution >= 4 is 17.4 Å². The third kappa shape index (κ3) is 3.04. The maximum atomic E-state index is 12.4. The number of hydrogen-bond acceptors (Lipinski definition) is 3. The molecule has 0 radical (unpaired) electrons. The molecular weight excluding hydrogens is 278 g/mol. The lowest BCUT2D eigenvalue weighted by Crippen LogP contribution is -2.43. The van der Waals surface area contributed by atoms with Gasteiger partial charge in [-0.15, -0.1) is 0 Å². The van der Waals surface area contributed by atoms with E-state index in [2.05, 4.69) is 35.3 Å². The Bertz CT molecular complexity index is 541. The van der Waals surface area contributed by atoms with E-state index in [9.17, 15) is 4.79 Å². The van der Waals surface area contributed by atoms with E-state index < -0.39 is 0 Å². The van der Waals surface area contributed by atoms with Crippen LogP contribution in [0.5, 0.6) is 0 Å². The molecule has 3 rings (SSSR count). The molecule has 0 saturated carbocycles. The summed E-state index contributed by atoms with van der Waals surface area (Å²) < 4.78 is 5.41. The molecule has 0 spiro atoms. The van der Waals surface area contributed by atoms with E-state index in [1.54, 1.807) is 0 Å². The van der Waals surface area contributed by atoms with Gasteiger partial charge >= 0.3 is 6.03 Å². The molecule has 1 fully saturated rings. The van der Waals surface area contributed by atoms with E-state index in [0.29, 0.717) is 0 Å². The average molecular weight is 303 g/mol. The summed E-state index contributed by atoms with van der Waals surface area (Å²) in [5.41, 5.74) is 3.51. The molecule has 1 N–H and O–H groups in total. The molecular formula is C17H25N3O2. The third-order valence-electron chi connectivity index (χ3n) is 4.57. The number of anilines is 2. The van der Waals surface area contributed by atoms with E-state index in [1.807, 2.05) is 11.8 Å². The first-order chi connectivity index (χ1) is 10.7. The normalized spacial score (nSPS) is 19.0. The monoisotopic (exact) mass is 303 g/mol. The number of benzene rings is 1. The van der Waals surface area contributed by atoms with Crippen LogP contribution < -0.4 is 15.1 Å². The van der Waals surface area contributed by atoms with Crippen molar-refractivity contribution in [2.24, 2.45) is 0 Å². The number of fused-ring (bicyclic) bond motifs is 1. The van der Waals surface area contributed by atoms with Gasteiger partial charge in [-0.3, -0.25) is 4.90 Å². The van der Waals surface area contributed by atoms with Crippen molar-refractivity contribution in [2.45, 2.75) is 32.7 Å². The molecule has 2 heterocycles. The van der Waals surface area contributed by atoms with Crippen LogP contribution in [0.1, 0.15) is 25.8 Å². The summed E-state index contributed by atoms with van der Waals surface area (Å²) in [6.45, 7) is 8.27. The van der Waals surface area contributed by atoms with Gasteiger partial charge in [0.1, 0.15) is 0 Å². The molecule has 1 atom stereocenters. The molecule has 1 unspecified atom stereocenters. The number of morpholine rings is 1. The number of hydrogen-bond donors (Lipinski definition) is 1. The molecule has 2 aliphatic heterocycles. The summed E-state index contributed by atoms with van der Waals surface area (Å²) >= 11 is 0. The fourth-order valence-electron chi connectivity index (χ4n) is 2.99. The third-order valence-corrected chi connectivity index (χ3v) is 4.57. The Morgan fingerprint density at radius 3 is 2.82 bits per heavy atom. The second-order valence-corrected chi connectivity index (χ2v) is 6.07. The van der Waals surface area contributed by atoms with Gasteiger partial charge in [-0.1, -0.05) is 13.0 Å². The van der Waals surface area contributed by atoms with Crippen molar-refractivity contribution in [1.29, 1.82) is 0 Å². The summed E-state index contributed by atoms with van der Waals surface area (Å²) in [5.74, 6) is 0. The van der Waals surface area contributed by atoms with Crippen molar-refractivity contribution in [3.63, 3.8) is 0 Å². The van der Waals surface area contributed by atoms with Gasteiger partial charge in [0.2, 0.25) is 0 Å². The van der Waals surface area contributed by atoms with Gasteiger partial charge in [0.15, 0.2) is 0 Å². The number of rotatable bonds is 3. The Hall–Kier alpha value is -1.75. The Labute approximate surface area is 132 Å². The Morgan fingerprint density at radius 1 is 1.32 bits per heavy atom. The zero-order valence-electron chi connectivity index (χ0n) is 13.5. The lowest BCUT2D eigenvalue weighted by atomic mass is 10.1. The van der Waals surface area contributed by atoms with E-state index in [4.69, 9.17) is 4.74 Å². The minimum absolute atomic E-state index is 0.0206. The molecule has 5 nitrogen and oxygen atoms in total. The summed E-state index contributed by atoms with van der Waals surface area (Å²) in [4.78, 5) is 16.7. The maximum absolute atomic E-state index is 12.4. The number of ether oxygens (including phenoxy) is 1. The van der Waals surface area contributed by atoms with Crippen LogP contribution in [0.15, 0.2) is 18.2 Å².